The average molecular weight is 285 g/mol. The number of ether oxygens (including phenoxy) is 1. The van der Waals surface area contributed by atoms with Crippen molar-refractivity contribution >= 4 is 0 Å². The van der Waals surface area contributed by atoms with Crippen molar-refractivity contribution < 1.29 is 4.74 Å². The third-order valence-corrected chi connectivity index (χ3v) is 3.02. The molecule has 0 aromatic carbocycles. The monoisotopic (exact) mass is 285 g/mol. The van der Waals surface area contributed by atoms with Crippen molar-refractivity contribution in [1.29, 1.82) is 0 Å². The summed E-state index contributed by atoms with van der Waals surface area (Å²) in [4.78, 5) is 8.84. The van der Waals surface area contributed by atoms with E-state index in [0.29, 0.717) is 12.5 Å². The third kappa shape index (κ3) is 5.16. The molecule has 2 aromatic heterocycles. The first-order valence-corrected chi connectivity index (χ1v) is 7.35. The van der Waals surface area contributed by atoms with Gasteiger partial charge in [0.25, 0.3) is 0 Å². The Kier molecular flexibility index (Phi) is 5.69. The lowest BCUT2D eigenvalue weighted by Gasteiger charge is -2.13. The van der Waals surface area contributed by atoms with E-state index in [9.17, 15) is 0 Å². The number of hydrogen-bond acceptors (Lipinski definition) is 4. The Balaban J connectivity index is 2.00. The second kappa shape index (κ2) is 7.74. The molecule has 0 unspecified atom stereocenters. The van der Waals surface area contributed by atoms with Crippen LogP contribution in [0.3, 0.4) is 0 Å². The highest BCUT2D eigenvalue weighted by atomic mass is 16.5. The van der Waals surface area contributed by atoms with E-state index in [4.69, 9.17) is 4.74 Å². The molecule has 4 heteroatoms. The lowest BCUT2D eigenvalue weighted by Crippen LogP contribution is -2.20. The van der Waals surface area contributed by atoms with Gasteiger partial charge >= 0.3 is 0 Å². The van der Waals surface area contributed by atoms with Crippen molar-refractivity contribution in [2.45, 2.75) is 33.9 Å². The summed E-state index contributed by atoms with van der Waals surface area (Å²) >= 11 is 0. The standard InChI is InChI=1S/C17H23N3O/c1-13(2)10-18-11-16-17(8-7-14(3)20-16)21-12-15-6-4-5-9-19-15/h4-9,13,18H,10-12H2,1-3H3. The van der Waals surface area contributed by atoms with E-state index < -0.39 is 0 Å². The van der Waals surface area contributed by atoms with Gasteiger partial charge in [-0.05, 0) is 43.7 Å². The first kappa shape index (κ1) is 15.4. The summed E-state index contributed by atoms with van der Waals surface area (Å²) in [7, 11) is 0. The van der Waals surface area contributed by atoms with Gasteiger partial charge in [-0.3, -0.25) is 9.97 Å². The van der Waals surface area contributed by atoms with Crippen molar-refractivity contribution in [2.75, 3.05) is 6.54 Å². The quantitative estimate of drug-likeness (QED) is 0.849. The lowest BCUT2D eigenvalue weighted by atomic mass is 10.2. The second-order valence-corrected chi connectivity index (χ2v) is 5.53. The highest BCUT2D eigenvalue weighted by Gasteiger charge is 2.07. The molecule has 2 heterocycles. The molecule has 0 atom stereocenters. The van der Waals surface area contributed by atoms with Gasteiger partial charge in [0.15, 0.2) is 0 Å². The normalized spacial score (nSPS) is 10.9. The number of hydrogen-bond donors (Lipinski definition) is 1. The zero-order valence-electron chi connectivity index (χ0n) is 13.0. The molecule has 21 heavy (non-hydrogen) atoms. The molecule has 0 aliphatic carbocycles. The Hall–Kier alpha value is -1.94. The maximum Gasteiger partial charge on any atom is 0.142 e. The SMILES string of the molecule is Cc1ccc(OCc2ccccn2)c(CNCC(C)C)n1. The van der Waals surface area contributed by atoms with Crippen molar-refractivity contribution in [3.05, 3.63) is 53.6 Å². The predicted octanol–water partition coefficient (Wildman–Crippen LogP) is 3.11. The third-order valence-electron chi connectivity index (χ3n) is 3.02. The summed E-state index contributed by atoms with van der Waals surface area (Å²) < 4.78 is 5.87. The molecule has 0 aliphatic rings. The zero-order valence-corrected chi connectivity index (χ0v) is 13.0. The van der Waals surface area contributed by atoms with Crippen LogP contribution in [-0.2, 0) is 13.2 Å². The van der Waals surface area contributed by atoms with Gasteiger partial charge in [0.05, 0.1) is 11.4 Å². The predicted molar refractivity (Wildman–Crippen MR) is 84.1 cm³/mol. The molecule has 0 saturated carbocycles. The molecular formula is C17H23N3O. The summed E-state index contributed by atoms with van der Waals surface area (Å²) in [5, 5.41) is 3.41. The van der Waals surface area contributed by atoms with Crippen LogP contribution in [0.1, 0.15) is 30.9 Å². The Labute approximate surface area is 126 Å². The van der Waals surface area contributed by atoms with Crippen LogP contribution >= 0.6 is 0 Å². The van der Waals surface area contributed by atoms with Gasteiger partial charge < -0.3 is 10.1 Å². The highest BCUT2D eigenvalue weighted by Crippen LogP contribution is 2.18. The maximum atomic E-state index is 5.87. The zero-order chi connectivity index (χ0) is 15.1. The minimum Gasteiger partial charge on any atom is -0.485 e. The second-order valence-electron chi connectivity index (χ2n) is 5.53. The van der Waals surface area contributed by atoms with E-state index in [2.05, 4.69) is 29.1 Å². The van der Waals surface area contributed by atoms with Crippen LogP contribution in [0.2, 0.25) is 0 Å². The van der Waals surface area contributed by atoms with Crippen LogP contribution in [0.15, 0.2) is 36.5 Å². The van der Waals surface area contributed by atoms with Crippen molar-refractivity contribution in [2.24, 2.45) is 5.92 Å². The van der Waals surface area contributed by atoms with Gasteiger partial charge in [-0.15, -0.1) is 0 Å². The van der Waals surface area contributed by atoms with E-state index >= 15 is 0 Å². The fourth-order valence-corrected chi connectivity index (χ4v) is 1.97. The fourth-order valence-electron chi connectivity index (χ4n) is 1.97. The smallest absolute Gasteiger partial charge is 0.142 e. The molecule has 0 radical (unpaired) electrons. The summed E-state index contributed by atoms with van der Waals surface area (Å²) in [6.07, 6.45) is 1.77. The summed E-state index contributed by atoms with van der Waals surface area (Å²) in [5.41, 5.74) is 2.87. The average Bonchev–Trinajstić information content (AvgIpc) is 2.47. The number of rotatable bonds is 7. The first-order valence-electron chi connectivity index (χ1n) is 7.35. The van der Waals surface area contributed by atoms with E-state index in [0.717, 1.165) is 35.9 Å². The maximum absolute atomic E-state index is 5.87. The van der Waals surface area contributed by atoms with Gasteiger partial charge in [0.2, 0.25) is 0 Å². The van der Waals surface area contributed by atoms with Crippen LogP contribution < -0.4 is 10.1 Å². The topological polar surface area (TPSA) is 47.0 Å². The molecule has 0 bridgehead atoms. The van der Waals surface area contributed by atoms with Gasteiger partial charge in [0.1, 0.15) is 12.4 Å². The lowest BCUT2D eigenvalue weighted by molar-refractivity contribution is 0.295. The molecule has 4 nitrogen and oxygen atoms in total. The van der Waals surface area contributed by atoms with Gasteiger partial charge in [-0.25, -0.2) is 0 Å². The number of nitrogens with zero attached hydrogens (tertiary/aromatic N) is 2. The molecule has 0 amide bonds. The van der Waals surface area contributed by atoms with Gasteiger partial charge in [0, 0.05) is 18.4 Å². The fraction of sp³-hybridized carbons (Fsp3) is 0.412. The number of aromatic nitrogens is 2. The number of aryl methyl sites for hydroxylation is 1. The molecule has 0 saturated heterocycles. The molecule has 0 fully saturated rings. The number of pyridine rings is 2. The van der Waals surface area contributed by atoms with Crippen LogP contribution in [0.25, 0.3) is 0 Å². The van der Waals surface area contributed by atoms with Gasteiger partial charge in [-0.1, -0.05) is 19.9 Å². The van der Waals surface area contributed by atoms with Crippen LogP contribution in [0, 0.1) is 12.8 Å². The summed E-state index contributed by atoms with van der Waals surface area (Å²) in [6, 6.07) is 9.78. The van der Waals surface area contributed by atoms with Crippen molar-refractivity contribution in [1.82, 2.24) is 15.3 Å². The largest absolute Gasteiger partial charge is 0.485 e. The van der Waals surface area contributed by atoms with Crippen molar-refractivity contribution in [3.8, 4) is 5.75 Å². The number of nitrogens with one attached hydrogen (secondary N) is 1. The molecule has 2 aromatic rings. The van der Waals surface area contributed by atoms with Gasteiger partial charge in [-0.2, -0.15) is 0 Å². The first-order chi connectivity index (χ1) is 10.1. The van der Waals surface area contributed by atoms with E-state index in [-0.39, 0.29) is 0 Å². The minimum absolute atomic E-state index is 0.461. The Morgan fingerprint density at radius 3 is 2.76 bits per heavy atom. The minimum atomic E-state index is 0.461. The van der Waals surface area contributed by atoms with E-state index in [1.54, 1.807) is 6.20 Å². The highest BCUT2D eigenvalue weighted by molar-refractivity contribution is 5.29. The van der Waals surface area contributed by atoms with Crippen LogP contribution in [0.4, 0.5) is 0 Å². The van der Waals surface area contributed by atoms with Crippen molar-refractivity contribution in [3.63, 3.8) is 0 Å². The molecule has 1 N–H and O–H groups in total. The Morgan fingerprint density at radius 1 is 1.19 bits per heavy atom. The molecular weight excluding hydrogens is 262 g/mol. The molecule has 0 aliphatic heterocycles. The summed E-state index contributed by atoms with van der Waals surface area (Å²) in [5.74, 6) is 1.44. The van der Waals surface area contributed by atoms with E-state index in [1.165, 1.54) is 0 Å². The Morgan fingerprint density at radius 2 is 2.05 bits per heavy atom. The molecule has 0 spiro atoms. The molecule has 2 rings (SSSR count). The van der Waals surface area contributed by atoms with Crippen LogP contribution in [0.5, 0.6) is 5.75 Å². The summed E-state index contributed by atoms with van der Waals surface area (Å²) in [6.45, 7) is 8.52. The molecule has 112 valence electrons. The van der Waals surface area contributed by atoms with Crippen LogP contribution in [-0.4, -0.2) is 16.5 Å². The van der Waals surface area contributed by atoms with E-state index in [1.807, 2.05) is 37.3 Å². The Bertz CT molecular complexity index is 555.